The summed E-state index contributed by atoms with van der Waals surface area (Å²) in [6.45, 7) is 0.516. The summed E-state index contributed by atoms with van der Waals surface area (Å²) in [5.41, 5.74) is 1.93. The lowest BCUT2D eigenvalue weighted by molar-refractivity contribution is 0.0640. The quantitative estimate of drug-likeness (QED) is 0.937. The number of aromatic nitrogens is 1. The molecular weight excluding hydrogens is 290 g/mol. The lowest BCUT2D eigenvalue weighted by atomic mass is 10.0. The van der Waals surface area contributed by atoms with Gasteiger partial charge in [-0.05, 0) is 42.7 Å². The molecule has 1 aromatic heterocycles. The van der Waals surface area contributed by atoms with Crippen LogP contribution < -0.4 is 0 Å². The van der Waals surface area contributed by atoms with Gasteiger partial charge in [0.25, 0.3) is 5.91 Å². The number of likely N-dealkylation sites (tertiary alicyclic amines) is 1. The minimum Gasteiger partial charge on any atom is -0.391 e. The highest BCUT2D eigenvalue weighted by Crippen LogP contribution is 2.24. The Morgan fingerprint density at radius 1 is 1.39 bits per heavy atom. The predicted octanol–water partition coefficient (Wildman–Crippen LogP) is 1.77. The number of rotatable bonds is 3. The van der Waals surface area contributed by atoms with E-state index in [0.29, 0.717) is 30.5 Å². The second-order valence-corrected chi connectivity index (χ2v) is 5.68. The van der Waals surface area contributed by atoms with E-state index in [0.717, 1.165) is 5.56 Å². The topological polar surface area (TPSA) is 77.2 Å². The van der Waals surface area contributed by atoms with Crippen LogP contribution in [0.3, 0.4) is 0 Å². The molecule has 1 aromatic carbocycles. The number of amides is 1. The Balaban J connectivity index is 1.82. The zero-order chi connectivity index (χ0) is 16.2. The number of aliphatic hydroxyl groups excluding tert-OH is 1. The van der Waals surface area contributed by atoms with E-state index >= 15 is 0 Å². The van der Waals surface area contributed by atoms with Gasteiger partial charge in [-0.1, -0.05) is 12.1 Å². The standard InChI is InChI=1S/C18H17N3O2/c19-11-13-3-1-5-15(9-13)18(23)21-8-6-17(22)16(21)10-14-4-2-7-20-12-14/h1-5,7,9,12,16-17,22H,6,8,10H2/t16-,17-/m0/s1. The highest BCUT2D eigenvalue weighted by molar-refractivity contribution is 5.95. The van der Waals surface area contributed by atoms with Crippen LogP contribution in [0.2, 0.25) is 0 Å². The summed E-state index contributed by atoms with van der Waals surface area (Å²) < 4.78 is 0. The minimum absolute atomic E-state index is 0.146. The summed E-state index contributed by atoms with van der Waals surface area (Å²) in [6.07, 6.45) is 4.04. The molecule has 1 N–H and O–H groups in total. The number of pyridine rings is 1. The lowest BCUT2D eigenvalue weighted by Gasteiger charge is -2.26. The molecule has 0 aliphatic carbocycles. The minimum atomic E-state index is -0.543. The first-order valence-corrected chi connectivity index (χ1v) is 7.57. The number of benzene rings is 1. The van der Waals surface area contributed by atoms with Crippen molar-refractivity contribution in [2.75, 3.05) is 6.54 Å². The Bertz CT molecular complexity index is 739. The Kier molecular flexibility index (Phi) is 4.35. The van der Waals surface area contributed by atoms with Crippen LogP contribution in [-0.4, -0.2) is 39.6 Å². The third kappa shape index (κ3) is 3.22. The number of carbonyl (C=O) groups excluding carboxylic acids is 1. The smallest absolute Gasteiger partial charge is 0.254 e. The van der Waals surface area contributed by atoms with Crippen LogP contribution >= 0.6 is 0 Å². The van der Waals surface area contributed by atoms with Crippen LogP contribution in [-0.2, 0) is 6.42 Å². The van der Waals surface area contributed by atoms with Crippen molar-refractivity contribution in [3.63, 3.8) is 0 Å². The number of hydrogen-bond acceptors (Lipinski definition) is 4. The van der Waals surface area contributed by atoms with Crippen molar-refractivity contribution in [3.05, 3.63) is 65.5 Å². The Morgan fingerprint density at radius 2 is 2.26 bits per heavy atom. The SMILES string of the molecule is N#Cc1cccc(C(=O)N2CC[C@H](O)[C@@H]2Cc2cccnc2)c1. The maximum atomic E-state index is 12.8. The van der Waals surface area contributed by atoms with Gasteiger partial charge >= 0.3 is 0 Å². The molecule has 3 rings (SSSR count). The number of nitriles is 1. The summed E-state index contributed by atoms with van der Waals surface area (Å²) in [4.78, 5) is 18.5. The van der Waals surface area contributed by atoms with Crippen molar-refractivity contribution in [3.8, 4) is 6.07 Å². The molecule has 0 saturated carbocycles. The van der Waals surface area contributed by atoms with Crippen molar-refractivity contribution in [2.24, 2.45) is 0 Å². The van der Waals surface area contributed by atoms with Crippen molar-refractivity contribution in [1.82, 2.24) is 9.88 Å². The largest absolute Gasteiger partial charge is 0.391 e. The highest BCUT2D eigenvalue weighted by Gasteiger charge is 2.36. The molecule has 1 saturated heterocycles. The summed E-state index contributed by atoms with van der Waals surface area (Å²) in [6, 6.07) is 12.2. The zero-order valence-corrected chi connectivity index (χ0v) is 12.6. The molecule has 23 heavy (non-hydrogen) atoms. The van der Waals surface area contributed by atoms with Crippen molar-refractivity contribution < 1.29 is 9.90 Å². The third-order valence-electron chi connectivity index (χ3n) is 4.18. The molecule has 116 valence electrons. The average Bonchev–Trinajstić information content (AvgIpc) is 2.96. The number of aliphatic hydroxyl groups is 1. The monoisotopic (exact) mass is 307 g/mol. The molecule has 5 heteroatoms. The molecule has 2 heterocycles. The molecule has 5 nitrogen and oxygen atoms in total. The maximum absolute atomic E-state index is 12.8. The molecule has 1 fully saturated rings. The van der Waals surface area contributed by atoms with Gasteiger partial charge in [0.2, 0.25) is 0 Å². The molecule has 0 bridgehead atoms. The molecule has 2 atom stereocenters. The summed E-state index contributed by atoms with van der Waals surface area (Å²) in [5, 5.41) is 19.2. The van der Waals surface area contributed by atoms with E-state index in [1.165, 1.54) is 0 Å². The van der Waals surface area contributed by atoms with Gasteiger partial charge in [-0.25, -0.2) is 0 Å². The Labute approximate surface area is 134 Å². The van der Waals surface area contributed by atoms with Crippen LogP contribution in [0.25, 0.3) is 0 Å². The average molecular weight is 307 g/mol. The lowest BCUT2D eigenvalue weighted by Crippen LogP contribution is -2.41. The van der Waals surface area contributed by atoms with Gasteiger partial charge in [0.15, 0.2) is 0 Å². The first-order chi connectivity index (χ1) is 11.2. The second-order valence-electron chi connectivity index (χ2n) is 5.68. The van der Waals surface area contributed by atoms with E-state index in [1.54, 1.807) is 41.6 Å². The highest BCUT2D eigenvalue weighted by atomic mass is 16.3. The third-order valence-corrected chi connectivity index (χ3v) is 4.18. The van der Waals surface area contributed by atoms with E-state index in [2.05, 4.69) is 4.98 Å². The van der Waals surface area contributed by atoms with E-state index < -0.39 is 6.10 Å². The first kappa shape index (κ1) is 15.2. The van der Waals surface area contributed by atoms with Gasteiger partial charge in [0, 0.05) is 24.5 Å². The summed E-state index contributed by atoms with van der Waals surface area (Å²) in [5.74, 6) is -0.146. The van der Waals surface area contributed by atoms with Crippen molar-refractivity contribution in [2.45, 2.75) is 25.0 Å². The van der Waals surface area contributed by atoms with Crippen LogP contribution in [0.5, 0.6) is 0 Å². The maximum Gasteiger partial charge on any atom is 0.254 e. The molecule has 1 amide bonds. The Morgan fingerprint density at radius 3 is 3.00 bits per heavy atom. The van der Waals surface area contributed by atoms with E-state index in [1.807, 2.05) is 18.2 Å². The van der Waals surface area contributed by atoms with E-state index in [9.17, 15) is 9.90 Å². The van der Waals surface area contributed by atoms with Crippen LogP contribution in [0.1, 0.15) is 27.9 Å². The molecular formula is C18H17N3O2. The molecule has 0 radical (unpaired) electrons. The van der Waals surface area contributed by atoms with Crippen LogP contribution in [0.4, 0.5) is 0 Å². The van der Waals surface area contributed by atoms with Gasteiger partial charge in [0.1, 0.15) is 0 Å². The number of nitrogens with zero attached hydrogens (tertiary/aromatic N) is 3. The van der Waals surface area contributed by atoms with Gasteiger partial charge in [-0.15, -0.1) is 0 Å². The molecule has 0 spiro atoms. The molecule has 1 aliphatic rings. The van der Waals surface area contributed by atoms with Crippen molar-refractivity contribution >= 4 is 5.91 Å². The molecule has 2 aromatic rings. The second kappa shape index (κ2) is 6.59. The number of hydrogen-bond donors (Lipinski definition) is 1. The fourth-order valence-electron chi connectivity index (χ4n) is 2.98. The van der Waals surface area contributed by atoms with Gasteiger partial charge in [0.05, 0.1) is 23.8 Å². The molecule has 1 aliphatic heterocycles. The fourth-order valence-corrected chi connectivity index (χ4v) is 2.98. The number of carbonyl (C=O) groups is 1. The molecule has 0 unspecified atom stereocenters. The van der Waals surface area contributed by atoms with Crippen LogP contribution in [0.15, 0.2) is 48.8 Å². The normalized spacial score (nSPS) is 20.3. The first-order valence-electron chi connectivity index (χ1n) is 7.57. The fraction of sp³-hybridized carbons (Fsp3) is 0.278. The Hall–Kier alpha value is -2.71. The predicted molar refractivity (Wildman–Crippen MR) is 84.5 cm³/mol. The van der Waals surface area contributed by atoms with Crippen molar-refractivity contribution in [1.29, 1.82) is 5.26 Å². The summed E-state index contributed by atoms with van der Waals surface area (Å²) >= 11 is 0. The van der Waals surface area contributed by atoms with E-state index in [-0.39, 0.29) is 11.9 Å². The van der Waals surface area contributed by atoms with Gasteiger partial charge in [-0.2, -0.15) is 5.26 Å². The van der Waals surface area contributed by atoms with E-state index in [4.69, 9.17) is 5.26 Å². The van der Waals surface area contributed by atoms with Gasteiger partial charge in [-0.3, -0.25) is 9.78 Å². The van der Waals surface area contributed by atoms with Crippen LogP contribution in [0, 0.1) is 11.3 Å². The zero-order valence-electron chi connectivity index (χ0n) is 12.6. The summed E-state index contributed by atoms with van der Waals surface area (Å²) in [7, 11) is 0. The van der Waals surface area contributed by atoms with Gasteiger partial charge < -0.3 is 10.0 Å².